The molecule has 1 atom stereocenters. The van der Waals surface area contributed by atoms with E-state index in [2.05, 4.69) is 10.3 Å². The van der Waals surface area contributed by atoms with Gasteiger partial charge in [0.1, 0.15) is 0 Å². The number of aromatic amines is 1. The highest BCUT2D eigenvalue weighted by molar-refractivity contribution is 5.81. The van der Waals surface area contributed by atoms with E-state index in [1.807, 2.05) is 44.2 Å². The van der Waals surface area contributed by atoms with Gasteiger partial charge in [-0.15, -0.1) is 0 Å². The molecule has 0 radical (unpaired) electrons. The average molecular weight is 223 g/mol. The van der Waals surface area contributed by atoms with Gasteiger partial charge in [-0.3, -0.25) is 9.69 Å². The van der Waals surface area contributed by atoms with Crippen LogP contribution in [0.2, 0.25) is 0 Å². The van der Waals surface area contributed by atoms with Gasteiger partial charge in [0, 0.05) is 24.9 Å². The number of H-pyrrole nitrogens is 1. The van der Waals surface area contributed by atoms with Crippen molar-refractivity contribution in [1.82, 2.24) is 15.2 Å². The maximum Gasteiger partial charge on any atom is 0.237 e. The van der Waals surface area contributed by atoms with Gasteiger partial charge >= 0.3 is 0 Å². The zero-order valence-corrected chi connectivity index (χ0v) is 10.3. The van der Waals surface area contributed by atoms with Crippen LogP contribution >= 0.6 is 0 Å². The summed E-state index contributed by atoms with van der Waals surface area (Å²) < 4.78 is 0. The largest absolute Gasteiger partial charge is 0.365 e. The Hall–Kier alpha value is -1.29. The van der Waals surface area contributed by atoms with Crippen molar-refractivity contribution in [1.29, 1.82) is 0 Å². The normalized spacial score (nSPS) is 12.8. The summed E-state index contributed by atoms with van der Waals surface area (Å²) in [5.41, 5.74) is 1.15. The molecule has 1 aromatic heterocycles. The molecule has 2 N–H and O–H groups in total. The summed E-state index contributed by atoms with van der Waals surface area (Å²) in [4.78, 5) is 16.8. The molecule has 0 saturated heterocycles. The minimum atomic E-state index is -0.0244. The highest BCUT2D eigenvalue weighted by Gasteiger charge is 2.17. The van der Waals surface area contributed by atoms with E-state index in [1.54, 1.807) is 0 Å². The number of hydrogen-bond acceptors (Lipinski definition) is 2. The molecule has 16 heavy (non-hydrogen) atoms. The Morgan fingerprint density at radius 3 is 2.81 bits per heavy atom. The third-order valence-electron chi connectivity index (χ3n) is 2.67. The smallest absolute Gasteiger partial charge is 0.237 e. The monoisotopic (exact) mass is 223 g/mol. The Bertz CT molecular complexity index is 306. The highest BCUT2D eigenvalue weighted by Crippen LogP contribution is 1.99. The van der Waals surface area contributed by atoms with Gasteiger partial charge in [0.2, 0.25) is 5.91 Å². The molecule has 0 spiro atoms. The Kier molecular flexibility index (Phi) is 5.05. The van der Waals surface area contributed by atoms with Gasteiger partial charge in [-0.25, -0.2) is 0 Å². The topological polar surface area (TPSA) is 48.1 Å². The van der Waals surface area contributed by atoms with Crippen LogP contribution in [0.4, 0.5) is 0 Å². The summed E-state index contributed by atoms with van der Waals surface area (Å²) in [6.45, 7) is 2.71. The molecule has 0 aliphatic heterocycles. The first-order valence-corrected chi connectivity index (χ1v) is 5.71. The molecule has 1 unspecified atom stereocenters. The lowest BCUT2D eigenvalue weighted by Gasteiger charge is -2.21. The van der Waals surface area contributed by atoms with E-state index in [-0.39, 0.29) is 11.9 Å². The van der Waals surface area contributed by atoms with E-state index in [0.717, 1.165) is 18.5 Å². The molecular weight excluding hydrogens is 202 g/mol. The van der Waals surface area contributed by atoms with Crippen molar-refractivity contribution in [2.24, 2.45) is 0 Å². The average Bonchev–Trinajstić information content (AvgIpc) is 2.71. The van der Waals surface area contributed by atoms with Crippen LogP contribution in [0.15, 0.2) is 18.3 Å². The molecule has 1 amide bonds. The van der Waals surface area contributed by atoms with Crippen LogP contribution in [0, 0.1) is 0 Å². The number of rotatable bonds is 6. The highest BCUT2D eigenvalue weighted by atomic mass is 16.2. The van der Waals surface area contributed by atoms with E-state index in [9.17, 15) is 4.79 Å². The van der Waals surface area contributed by atoms with Gasteiger partial charge < -0.3 is 10.3 Å². The second kappa shape index (κ2) is 6.33. The second-order valence-corrected chi connectivity index (χ2v) is 4.12. The lowest BCUT2D eigenvalue weighted by molar-refractivity contribution is -0.125. The molecule has 0 aliphatic carbocycles. The van der Waals surface area contributed by atoms with Gasteiger partial charge in [-0.1, -0.05) is 6.92 Å². The van der Waals surface area contributed by atoms with Crippen LogP contribution in [0.3, 0.4) is 0 Å². The predicted molar refractivity (Wildman–Crippen MR) is 65.3 cm³/mol. The van der Waals surface area contributed by atoms with Crippen LogP contribution in [0.5, 0.6) is 0 Å². The van der Waals surface area contributed by atoms with Crippen molar-refractivity contribution in [3.05, 3.63) is 24.0 Å². The molecule has 4 nitrogen and oxygen atoms in total. The lowest BCUT2D eigenvalue weighted by Crippen LogP contribution is -2.43. The first-order chi connectivity index (χ1) is 7.65. The van der Waals surface area contributed by atoms with E-state index < -0.39 is 0 Å². The predicted octanol–water partition coefficient (Wildman–Crippen LogP) is 1.01. The third-order valence-corrected chi connectivity index (χ3v) is 2.67. The van der Waals surface area contributed by atoms with Crippen molar-refractivity contribution < 1.29 is 4.79 Å². The van der Waals surface area contributed by atoms with E-state index >= 15 is 0 Å². The van der Waals surface area contributed by atoms with E-state index in [4.69, 9.17) is 0 Å². The molecule has 1 heterocycles. The molecule has 0 fully saturated rings. The molecule has 1 rings (SSSR count). The maximum absolute atomic E-state index is 11.8. The van der Waals surface area contributed by atoms with Crippen LogP contribution in [-0.2, 0) is 11.2 Å². The molecular formula is C12H21N3O. The van der Waals surface area contributed by atoms with Crippen LogP contribution in [0.1, 0.15) is 19.0 Å². The number of hydrogen-bond donors (Lipinski definition) is 2. The van der Waals surface area contributed by atoms with Crippen LogP contribution < -0.4 is 5.32 Å². The minimum absolute atomic E-state index is 0.0244. The fourth-order valence-corrected chi connectivity index (χ4v) is 1.75. The second-order valence-electron chi connectivity index (χ2n) is 4.12. The zero-order valence-electron chi connectivity index (χ0n) is 10.3. The van der Waals surface area contributed by atoms with Crippen LogP contribution in [0.25, 0.3) is 0 Å². The Morgan fingerprint density at radius 2 is 2.31 bits per heavy atom. The molecule has 0 saturated carbocycles. The standard InChI is InChI=1S/C12H21N3O/c1-4-11(15(2)3)12(16)14-9-7-10-6-5-8-13-10/h5-6,8,11,13H,4,7,9H2,1-3H3,(H,14,16). The summed E-state index contributed by atoms with van der Waals surface area (Å²) in [5, 5.41) is 2.95. The summed E-state index contributed by atoms with van der Waals surface area (Å²) in [6.07, 6.45) is 3.58. The fraction of sp³-hybridized carbons (Fsp3) is 0.583. The minimum Gasteiger partial charge on any atom is -0.365 e. The fourth-order valence-electron chi connectivity index (χ4n) is 1.75. The number of aromatic nitrogens is 1. The quantitative estimate of drug-likeness (QED) is 0.756. The van der Waals surface area contributed by atoms with Crippen molar-refractivity contribution in [3.8, 4) is 0 Å². The molecule has 1 aromatic rings. The molecule has 0 aliphatic rings. The molecule has 0 bridgehead atoms. The molecule has 0 aromatic carbocycles. The van der Waals surface area contributed by atoms with Crippen LogP contribution in [-0.4, -0.2) is 42.5 Å². The molecule has 90 valence electrons. The van der Waals surface area contributed by atoms with Crippen molar-refractivity contribution in [2.75, 3.05) is 20.6 Å². The molecule has 4 heteroatoms. The van der Waals surface area contributed by atoms with Gasteiger partial charge in [-0.2, -0.15) is 0 Å². The summed E-state index contributed by atoms with van der Waals surface area (Å²) in [5.74, 6) is 0.110. The first-order valence-electron chi connectivity index (χ1n) is 5.71. The van der Waals surface area contributed by atoms with Gasteiger partial charge in [-0.05, 0) is 32.6 Å². The number of nitrogens with one attached hydrogen (secondary N) is 2. The summed E-state index contributed by atoms with van der Waals surface area (Å²) >= 11 is 0. The number of carbonyl (C=O) groups excluding carboxylic acids is 1. The Labute approximate surface area is 97.0 Å². The van der Waals surface area contributed by atoms with Gasteiger partial charge in [0.25, 0.3) is 0 Å². The maximum atomic E-state index is 11.8. The van der Waals surface area contributed by atoms with Crippen molar-refractivity contribution >= 4 is 5.91 Å². The van der Waals surface area contributed by atoms with Gasteiger partial charge in [0.05, 0.1) is 6.04 Å². The summed E-state index contributed by atoms with van der Waals surface area (Å²) in [7, 11) is 3.86. The number of carbonyl (C=O) groups is 1. The van der Waals surface area contributed by atoms with Gasteiger partial charge in [0.15, 0.2) is 0 Å². The Balaban J connectivity index is 2.29. The zero-order chi connectivity index (χ0) is 12.0. The SMILES string of the molecule is CCC(C(=O)NCCc1ccc[nH]1)N(C)C. The third kappa shape index (κ3) is 3.70. The Morgan fingerprint density at radius 1 is 1.56 bits per heavy atom. The van der Waals surface area contributed by atoms with Crippen molar-refractivity contribution in [3.63, 3.8) is 0 Å². The number of likely N-dealkylation sites (N-methyl/N-ethyl adjacent to an activating group) is 1. The lowest BCUT2D eigenvalue weighted by atomic mass is 10.2. The number of amides is 1. The van der Waals surface area contributed by atoms with Crippen molar-refractivity contribution in [2.45, 2.75) is 25.8 Å². The number of nitrogens with zero attached hydrogens (tertiary/aromatic N) is 1. The summed E-state index contributed by atoms with van der Waals surface area (Å²) in [6, 6.07) is 3.96. The first kappa shape index (κ1) is 12.8. The van der Waals surface area contributed by atoms with E-state index in [1.165, 1.54) is 0 Å². The van der Waals surface area contributed by atoms with E-state index in [0.29, 0.717) is 6.54 Å².